The number of rotatable bonds is 4. The van der Waals surface area contributed by atoms with E-state index in [0.717, 1.165) is 16.8 Å². The number of carbonyl (C=O) groups is 2. The highest BCUT2D eigenvalue weighted by Crippen LogP contribution is 2.27. The van der Waals surface area contributed by atoms with E-state index < -0.39 is 0 Å². The smallest absolute Gasteiger partial charge is 0.260 e. The van der Waals surface area contributed by atoms with Crippen LogP contribution in [-0.4, -0.2) is 23.0 Å². The lowest BCUT2D eigenvalue weighted by molar-refractivity contribution is -0.116. The summed E-state index contributed by atoms with van der Waals surface area (Å²) in [5.74, 6) is 0.0249. The Bertz CT molecular complexity index is 1030. The normalized spacial score (nSPS) is 14.9. The summed E-state index contributed by atoms with van der Waals surface area (Å²) in [6.45, 7) is 3.56. The third-order valence-corrected chi connectivity index (χ3v) is 4.84. The van der Waals surface area contributed by atoms with Crippen molar-refractivity contribution in [1.29, 1.82) is 0 Å². The molecule has 4 rings (SSSR count). The number of nitrogens with zero attached hydrogens (tertiary/aromatic N) is 1. The van der Waals surface area contributed by atoms with E-state index in [0.29, 0.717) is 29.1 Å². The summed E-state index contributed by atoms with van der Waals surface area (Å²) in [7, 11) is 0. The first kappa shape index (κ1) is 17.8. The fraction of sp³-hybridized carbons (Fsp3) is 0.190. The highest BCUT2D eigenvalue weighted by molar-refractivity contribution is 6.05. The number of carbonyl (C=O) groups excluding carboxylic acids is 2. The van der Waals surface area contributed by atoms with E-state index in [1.165, 1.54) is 6.20 Å². The Hall–Kier alpha value is -3.61. The van der Waals surface area contributed by atoms with Gasteiger partial charge in [0.25, 0.3) is 5.91 Å². The Balaban J connectivity index is 1.46. The maximum atomic E-state index is 12.7. The first-order valence-electron chi connectivity index (χ1n) is 9.00. The fourth-order valence-electron chi connectivity index (χ4n) is 3.23. The quantitative estimate of drug-likeness (QED) is 0.647. The molecule has 7 heteroatoms. The molecule has 0 saturated carbocycles. The van der Waals surface area contributed by atoms with Gasteiger partial charge in [0.15, 0.2) is 0 Å². The second kappa shape index (κ2) is 7.19. The lowest BCUT2D eigenvalue weighted by Crippen LogP contribution is -2.32. The zero-order valence-corrected chi connectivity index (χ0v) is 15.6. The van der Waals surface area contributed by atoms with Crippen molar-refractivity contribution in [2.24, 2.45) is 0 Å². The van der Waals surface area contributed by atoms with Crippen molar-refractivity contribution in [2.45, 2.75) is 26.3 Å². The van der Waals surface area contributed by atoms with Gasteiger partial charge >= 0.3 is 0 Å². The summed E-state index contributed by atoms with van der Waals surface area (Å²) >= 11 is 0. The molecule has 1 aliphatic rings. The molecule has 0 bridgehead atoms. The number of fused-ring (bicyclic) bond motifs is 1. The number of para-hydroxylation sites is 1. The number of hydrogen-bond acceptors (Lipinski definition) is 5. The molecule has 0 radical (unpaired) electrons. The van der Waals surface area contributed by atoms with E-state index in [1.807, 2.05) is 43.3 Å². The van der Waals surface area contributed by atoms with Crippen molar-refractivity contribution in [3.05, 3.63) is 71.1 Å². The summed E-state index contributed by atoms with van der Waals surface area (Å²) in [5.41, 5.74) is 4.61. The van der Waals surface area contributed by atoms with Crippen molar-refractivity contribution >= 4 is 28.9 Å². The van der Waals surface area contributed by atoms with Gasteiger partial charge in [0.1, 0.15) is 17.4 Å². The SMILES string of the molecule is Cc1ccc(NC(=O)C2Cc3ccccc3N2)cc1NC(=O)c1cnoc1C. The van der Waals surface area contributed by atoms with Gasteiger partial charge in [-0.3, -0.25) is 9.59 Å². The molecular formula is C21H20N4O3. The van der Waals surface area contributed by atoms with E-state index in [-0.39, 0.29) is 17.9 Å². The number of aromatic nitrogens is 1. The number of benzene rings is 2. The van der Waals surface area contributed by atoms with Crippen LogP contribution in [0.3, 0.4) is 0 Å². The predicted molar refractivity (Wildman–Crippen MR) is 107 cm³/mol. The van der Waals surface area contributed by atoms with Crippen LogP contribution in [0.15, 0.2) is 53.2 Å². The Labute approximate surface area is 162 Å². The minimum Gasteiger partial charge on any atom is -0.373 e. The van der Waals surface area contributed by atoms with E-state index in [9.17, 15) is 9.59 Å². The van der Waals surface area contributed by atoms with Gasteiger partial charge in [-0.2, -0.15) is 0 Å². The number of aryl methyl sites for hydroxylation is 2. The third kappa shape index (κ3) is 3.46. The van der Waals surface area contributed by atoms with Gasteiger partial charge in [-0.15, -0.1) is 0 Å². The Morgan fingerprint density at radius 3 is 2.71 bits per heavy atom. The lowest BCUT2D eigenvalue weighted by Gasteiger charge is -2.14. The van der Waals surface area contributed by atoms with Crippen molar-refractivity contribution in [2.75, 3.05) is 16.0 Å². The zero-order valence-electron chi connectivity index (χ0n) is 15.6. The van der Waals surface area contributed by atoms with Crippen LogP contribution in [0.25, 0.3) is 0 Å². The number of hydrogen-bond donors (Lipinski definition) is 3. The van der Waals surface area contributed by atoms with Gasteiger partial charge in [-0.25, -0.2) is 0 Å². The molecule has 1 aromatic heterocycles. The van der Waals surface area contributed by atoms with Gasteiger partial charge in [0.05, 0.1) is 6.20 Å². The highest BCUT2D eigenvalue weighted by Gasteiger charge is 2.26. The van der Waals surface area contributed by atoms with Crippen LogP contribution in [0, 0.1) is 13.8 Å². The minimum atomic E-state index is -0.323. The van der Waals surface area contributed by atoms with Crippen molar-refractivity contribution in [3.63, 3.8) is 0 Å². The van der Waals surface area contributed by atoms with Crippen LogP contribution in [-0.2, 0) is 11.2 Å². The van der Waals surface area contributed by atoms with Crippen molar-refractivity contribution in [3.8, 4) is 0 Å². The lowest BCUT2D eigenvalue weighted by atomic mass is 10.1. The molecule has 0 aliphatic carbocycles. The Morgan fingerprint density at radius 1 is 1.14 bits per heavy atom. The molecule has 1 unspecified atom stereocenters. The number of amides is 2. The van der Waals surface area contributed by atoms with Gasteiger partial charge in [-0.1, -0.05) is 29.4 Å². The number of anilines is 3. The second-order valence-electron chi connectivity index (χ2n) is 6.83. The monoisotopic (exact) mass is 376 g/mol. The van der Waals surface area contributed by atoms with Crippen LogP contribution >= 0.6 is 0 Å². The van der Waals surface area contributed by atoms with Gasteiger partial charge < -0.3 is 20.5 Å². The molecule has 1 atom stereocenters. The van der Waals surface area contributed by atoms with Crippen molar-refractivity contribution < 1.29 is 14.1 Å². The number of nitrogens with one attached hydrogen (secondary N) is 3. The van der Waals surface area contributed by atoms with E-state index in [4.69, 9.17) is 4.52 Å². The molecule has 7 nitrogen and oxygen atoms in total. The molecule has 1 aliphatic heterocycles. The molecule has 0 saturated heterocycles. The van der Waals surface area contributed by atoms with Crippen LogP contribution in [0.5, 0.6) is 0 Å². The van der Waals surface area contributed by atoms with Gasteiger partial charge in [0.2, 0.25) is 5.91 Å². The molecule has 0 spiro atoms. The summed E-state index contributed by atoms with van der Waals surface area (Å²) < 4.78 is 4.94. The average Bonchev–Trinajstić information content (AvgIpc) is 3.30. The van der Waals surface area contributed by atoms with Gasteiger partial charge in [0, 0.05) is 23.5 Å². The average molecular weight is 376 g/mol. The predicted octanol–water partition coefficient (Wildman–Crippen LogP) is 3.52. The van der Waals surface area contributed by atoms with Crippen LogP contribution in [0.1, 0.15) is 27.2 Å². The van der Waals surface area contributed by atoms with Gasteiger partial charge in [-0.05, 0) is 43.2 Å². The first-order valence-corrected chi connectivity index (χ1v) is 9.00. The highest BCUT2D eigenvalue weighted by atomic mass is 16.5. The molecule has 2 aromatic carbocycles. The Kier molecular flexibility index (Phi) is 4.57. The molecule has 28 heavy (non-hydrogen) atoms. The largest absolute Gasteiger partial charge is 0.373 e. The molecule has 3 N–H and O–H groups in total. The molecule has 3 aromatic rings. The van der Waals surface area contributed by atoms with E-state index in [2.05, 4.69) is 21.1 Å². The maximum Gasteiger partial charge on any atom is 0.260 e. The first-order chi connectivity index (χ1) is 13.5. The summed E-state index contributed by atoms with van der Waals surface area (Å²) in [4.78, 5) is 25.1. The summed E-state index contributed by atoms with van der Waals surface area (Å²) in [6.07, 6.45) is 2.03. The van der Waals surface area contributed by atoms with E-state index in [1.54, 1.807) is 13.0 Å². The zero-order chi connectivity index (χ0) is 19.7. The van der Waals surface area contributed by atoms with Crippen LogP contribution in [0.4, 0.5) is 17.1 Å². The fourth-order valence-corrected chi connectivity index (χ4v) is 3.23. The second-order valence-corrected chi connectivity index (χ2v) is 6.83. The van der Waals surface area contributed by atoms with Crippen molar-refractivity contribution in [1.82, 2.24) is 5.16 Å². The summed E-state index contributed by atoms with van der Waals surface area (Å²) in [5, 5.41) is 12.6. The molecule has 2 amide bonds. The molecule has 2 heterocycles. The van der Waals surface area contributed by atoms with Crippen LogP contribution < -0.4 is 16.0 Å². The topological polar surface area (TPSA) is 96.3 Å². The molecular weight excluding hydrogens is 356 g/mol. The Morgan fingerprint density at radius 2 is 1.96 bits per heavy atom. The standard InChI is InChI=1S/C21H20N4O3/c1-12-7-8-15(10-18(12)25-20(26)16-11-22-28-13(16)2)23-21(27)19-9-14-5-3-4-6-17(14)24-19/h3-8,10-11,19,24H,9H2,1-2H3,(H,23,27)(H,25,26). The minimum absolute atomic E-state index is 0.118. The maximum absolute atomic E-state index is 12.7. The van der Waals surface area contributed by atoms with Crippen LogP contribution in [0.2, 0.25) is 0 Å². The molecule has 0 fully saturated rings. The van der Waals surface area contributed by atoms with E-state index >= 15 is 0 Å². The molecule has 142 valence electrons. The third-order valence-electron chi connectivity index (χ3n) is 4.84. The summed E-state index contributed by atoms with van der Waals surface area (Å²) in [6, 6.07) is 13.0.